The molecule has 0 fully saturated rings. The van der Waals surface area contributed by atoms with Crippen LogP contribution in [-0.4, -0.2) is 29.2 Å². The van der Waals surface area contributed by atoms with E-state index in [2.05, 4.69) is 9.97 Å². The molecule has 1 rings (SSSR count). The molecule has 10 heavy (non-hydrogen) atoms. The first-order chi connectivity index (χ1) is 4.83. The van der Waals surface area contributed by atoms with Crippen molar-refractivity contribution in [1.29, 1.82) is 0 Å². The number of nitrogens with one attached hydrogen (secondary N) is 1. The minimum absolute atomic E-state index is 0.684. The van der Waals surface area contributed by atoms with E-state index >= 15 is 0 Å². The van der Waals surface area contributed by atoms with Gasteiger partial charge in [-0.1, -0.05) is 0 Å². The Bertz CT molecular complexity index is 173. The Morgan fingerprint density at radius 1 is 1.80 bits per heavy atom. The quantitative estimate of drug-likeness (QED) is 0.619. The maximum atomic E-state index is 4.90. The van der Waals surface area contributed by atoms with Gasteiger partial charge >= 0.3 is 0 Å². The Hall–Kier alpha value is -0.870. The summed E-state index contributed by atoms with van der Waals surface area (Å²) < 4.78 is 0. The standard InChI is InChI=1S/C6H11N3O/c1-9(10-2)5-6-7-3-4-8-6/h3-4H,5H2,1-2H3,(H,7,8). The van der Waals surface area contributed by atoms with Crippen molar-refractivity contribution in [2.75, 3.05) is 14.2 Å². The summed E-state index contributed by atoms with van der Waals surface area (Å²) in [6.07, 6.45) is 3.51. The summed E-state index contributed by atoms with van der Waals surface area (Å²) in [4.78, 5) is 11.9. The van der Waals surface area contributed by atoms with Crippen molar-refractivity contribution < 1.29 is 4.84 Å². The van der Waals surface area contributed by atoms with E-state index < -0.39 is 0 Å². The zero-order valence-electron chi connectivity index (χ0n) is 6.16. The van der Waals surface area contributed by atoms with Crippen molar-refractivity contribution in [3.63, 3.8) is 0 Å². The minimum Gasteiger partial charge on any atom is -0.347 e. The maximum Gasteiger partial charge on any atom is 0.122 e. The van der Waals surface area contributed by atoms with Crippen LogP contribution in [0.15, 0.2) is 12.4 Å². The molecule has 0 spiro atoms. The number of H-pyrrole nitrogens is 1. The van der Waals surface area contributed by atoms with Crippen molar-refractivity contribution in [2.45, 2.75) is 6.54 Å². The Labute approximate surface area is 59.8 Å². The number of aromatic nitrogens is 2. The molecule has 0 amide bonds. The summed E-state index contributed by atoms with van der Waals surface area (Å²) in [5.41, 5.74) is 0. The first-order valence-electron chi connectivity index (χ1n) is 3.06. The van der Waals surface area contributed by atoms with Gasteiger partial charge in [-0.05, 0) is 0 Å². The van der Waals surface area contributed by atoms with Gasteiger partial charge in [-0.2, -0.15) is 5.06 Å². The van der Waals surface area contributed by atoms with Crippen molar-refractivity contribution >= 4 is 0 Å². The number of hydroxylamine groups is 2. The molecule has 0 aromatic carbocycles. The number of hydrogen-bond acceptors (Lipinski definition) is 3. The molecule has 0 aliphatic carbocycles. The second-order valence-corrected chi connectivity index (χ2v) is 2.00. The fourth-order valence-corrected chi connectivity index (χ4v) is 0.660. The van der Waals surface area contributed by atoms with Gasteiger partial charge in [0.25, 0.3) is 0 Å². The second kappa shape index (κ2) is 3.34. The van der Waals surface area contributed by atoms with Gasteiger partial charge < -0.3 is 9.82 Å². The Kier molecular flexibility index (Phi) is 2.42. The van der Waals surface area contributed by atoms with E-state index in [0.717, 1.165) is 5.82 Å². The van der Waals surface area contributed by atoms with Crippen LogP contribution >= 0.6 is 0 Å². The third-order valence-corrected chi connectivity index (χ3v) is 1.24. The molecule has 0 unspecified atom stereocenters. The number of hydrogen-bond donors (Lipinski definition) is 1. The molecule has 1 N–H and O–H groups in total. The average Bonchev–Trinajstić information content (AvgIpc) is 2.40. The van der Waals surface area contributed by atoms with Crippen LogP contribution < -0.4 is 0 Å². The molecule has 4 nitrogen and oxygen atoms in total. The summed E-state index contributed by atoms with van der Waals surface area (Å²) in [5, 5.41) is 1.69. The summed E-state index contributed by atoms with van der Waals surface area (Å²) in [7, 11) is 3.48. The predicted octanol–water partition coefficient (Wildman–Crippen LogP) is 0.403. The van der Waals surface area contributed by atoms with Crippen LogP contribution in [0.2, 0.25) is 0 Å². The fourth-order valence-electron chi connectivity index (χ4n) is 0.660. The lowest BCUT2D eigenvalue weighted by molar-refractivity contribution is -0.118. The highest BCUT2D eigenvalue weighted by Crippen LogP contribution is 1.93. The molecule has 56 valence electrons. The van der Waals surface area contributed by atoms with Crippen LogP contribution in [0, 0.1) is 0 Å². The first kappa shape index (κ1) is 7.24. The summed E-state index contributed by atoms with van der Waals surface area (Å²) >= 11 is 0. The Balaban J connectivity index is 2.40. The lowest BCUT2D eigenvalue weighted by atomic mass is 10.6. The Morgan fingerprint density at radius 2 is 2.60 bits per heavy atom. The normalized spacial score (nSPS) is 10.7. The second-order valence-electron chi connectivity index (χ2n) is 2.00. The zero-order chi connectivity index (χ0) is 7.40. The lowest BCUT2D eigenvalue weighted by Crippen LogP contribution is -2.16. The van der Waals surface area contributed by atoms with Crippen molar-refractivity contribution in [1.82, 2.24) is 15.0 Å². The van der Waals surface area contributed by atoms with Crippen LogP contribution in [0.4, 0.5) is 0 Å². The van der Waals surface area contributed by atoms with Crippen LogP contribution in [0.25, 0.3) is 0 Å². The van der Waals surface area contributed by atoms with Gasteiger partial charge in [0.15, 0.2) is 0 Å². The zero-order valence-corrected chi connectivity index (χ0v) is 6.16. The number of aromatic amines is 1. The van der Waals surface area contributed by atoms with Crippen molar-refractivity contribution in [2.24, 2.45) is 0 Å². The average molecular weight is 141 g/mol. The summed E-state index contributed by atoms with van der Waals surface area (Å²) in [6.45, 7) is 0.684. The van der Waals surface area contributed by atoms with Crippen molar-refractivity contribution in [3.05, 3.63) is 18.2 Å². The highest BCUT2D eigenvalue weighted by atomic mass is 16.7. The maximum absolute atomic E-state index is 4.90. The van der Waals surface area contributed by atoms with E-state index in [9.17, 15) is 0 Å². The summed E-state index contributed by atoms with van der Waals surface area (Å²) in [6, 6.07) is 0. The highest BCUT2D eigenvalue weighted by Gasteiger charge is 1.97. The molecular weight excluding hydrogens is 130 g/mol. The molecule has 1 heterocycles. The first-order valence-corrected chi connectivity index (χ1v) is 3.06. The van der Waals surface area contributed by atoms with E-state index in [0.29, 0.717) is 6.54 Å². The molecule has 0 radical (unpaired) electrons. The SMILES string of the molecule is CON(C)Cc1ncc[nH]1. The number of rotatable bonds is 3. The molecular formula is C6H11N3O. The third-order valence-electron chi connectivity index (χ3n) is 1.24. The molecule has 0 saturated heterocycles. The fraction of sp³-hybridized carbons (Fsp3) is 0.500. The van der Waals surface area contributed by atoms with Gasteiger partial charge in [0, 0.05) is 19.4 Å². The van der Waals surface area contributed by atoms with Crippen LogP contribution in [0.1, 0.15) is 5.82 Å². The van der Waals surface area contributed by atoms with E-state index in [1.807, 2.05) is 7.05 Å². The van der Waals surface area contributed by atoms with E-state index in [4.69, 9.17) is 4.84 Å². The van der Waals surface area contributed by atoms with E-state index in [1.54, 1.807) is 24.6 Å². The van der Waals surface area contributed by atoms with Crippen molar-refractivity contribution in [3.8, 4) is 0 Å². The number of nitrogens with zero attached hydrogens (tertiary/aromatic N) is 2. The topological polar surface area (TPSA) is 41.1 Å². The van der Waals surface area contributed by atoms with Gasteiger partial charge in [0.1, 0.15) is 5.82 Å². The van der Waals surface area contributed by atoms with Gasteiger partial charge in [0.2, 0.25) is 0 Å². The number of imidazole rings is 1. The molecule has 0 atom stereocenters. The van der Waals surface area contributed by atoms with Crippen LogP contribution in [0.5, 0.6) is 0 Å². The highest BCUT2D eigenvalue weighted by molar-refractivity contribution is 4.85. The summed E-state index contributed by atoms with van der Waals surface area (Å²) in [5.74, 6) is 0.907. The largest absolute Gasteiger partial charge is 0.347 e. The molecule has 0 bridgehead atoms. The predicted molar refractivity (Wildman–Crippen MR) is 37.1 cm³/mol. The lowest BCUT2D eigenvalue weighted by Gasteiger charge is -2.10. The van der Waals surface area contributed by atoms with E-state index in [-0.39, 0.29) is 0 Å². The van der Waals surface area contributed by atoms with Gasteiger partial charge in [0.05, 0.1) is 13.7 Å². The monoisotopic (exact) mass is 141 g/mol. The molecule has 0 aliphatic rings. The Morgan fingerprint density at radius 3 is 3.10 bits per heavy atom. The smallest absolute Gasteiger partial charge is 0.122 e. The van der Waals surface area contributed by atoms with E-state index in [1.165, 1.54) is 0 Å². The van der Waals surface area contributed by atoms with Crippen LogP contribution in [-0.2, 0) is 11.4 Å². The third kappa shape index (κ3) is 1.82. The molecule has 4 heteroatoms. The van der Waals surface area contributed by atoms with Gasteiger partial charge in [-0.25, -0.2) is 4.98 Å². The molecule has 0 saturated carbocycles. The minimum atomic E-state index is 0.684. The molecule has 1 aromatic rings. The van der Waals surface area contributed by atoms with Gasteiger partial charge in [-0.15, -0.1) is 0 Å². The molecule has 0 aliphatic heterocycles. The van der Waals surface area contributed by atoms with Crippen LogP contribution in [0.3, 0.4) is 0 Å². The molecule has 1 aromatic heterocycles. The van der Waals surface area contributed by atoms with Gasteiger partial charge in [-0.3, -0.25) is 0 Å².